The summed E-state index contributed by atoms with van der Waals surface area (Å²) in [4.78, 5) is 19.9. The first kappa shape index (κ1) is 5.17. The second-order valence-corrected chi connectivity index (χ2v) is 1.35. The van der Waals surface area contributed by atoms with Gasteiger partial charge in [-0.15, -0.1) is 4.91 Å². The normalized spacial score (nSPS) is 19.5. The average molecular weight is 116 g/mol. The quantitative estimate of drug-likeness (QED) is 0.433. The molecule has 0 radical (unpaired) electrons. The van der Waals surface area contributed by atoms with E-state index in [1.165, 1.54) is 0 Å². The summed E-state index contributed by atoms with van der Waals surface area (Å²) < 4.78 is 4.54. The van der Waals surface area contributed by atoms with Crippen molar-refractivity contribution in [1.82, 2.24) is 5.01 Å². The predicted molar refractivity (Wildman–Crippen MR) is 23.5 cm³/mol. The lowest BCUT2D eigenvalue weighted by molar-refractivity contribution is -0.126. The molecule has 5 heteroatoms. The fourth-order valence-electron chi connectivity index (χ4n) is 0.435. The van der Waals surface area contributed by atoms with Crippen LogP contribution in [0, 0.1) is 4.91 Å². The van der Waals surface area contributed by atoms with Gasteiger partial charge in [-0.3, -0.25) is 4.79 Å². The number of ether oxygens (including phenoxy) is 1. The molecule has 1 rings (SSSR count). The van der Waals surface area contributed by atoms with Gasteiger partial charge in [0.05, 0.1) is 5.29 Å². The van der Waals surface area contributed by atoms with E-state index in [2.05, 4.69) is 10.0 Å². The van der Waals surface area contributed by atoms with Crippen LogP contribution in [0.1, 0.15) is 0 Å². The van der Waals surface area contributed by atoms with E-state index >= 15 is 0 Å². The monoisotopic (exact) mass is 116 g/mol. The van der Waals surface area contributed by atoms with E-state index in [1.54, 1.807) is 0 Å². The van der Waals surface area contributed by atoms with E-state index in [1.807, 2.05) is 0 Å². The molecule has 0 aromatic heterocycles. The van der Waals surface area contributed by atoms with E-state index in [4.69, 9.17) is 0 Å². The number of nitrogens with zero attached hydrogens (tertiary/aromatic N) is 2. The molecule has 0 aliphatic carbocycles. The summed E-state index contributed by atoms with van der Waals surface area (Å²) in [6.07, 6.45) is 0. The summed E-state index contributed by atoms with van der Waals surface area (Å²) in [5.74, 6) is -0.375. The molecule has 0 unspecified atom stereocenters. The van der Waals surface area contributed by atoms with Gasteiger partial charge in [0.25, 0.3) is 5.91 Å². The maximum absolute atomic E-state index is 10.3. The molecule has 44 valence electrons. The molecule has 8 heavy (non-hydrogen) atoms. The zero-order valence-corrected chi connectivity index (χ0v) is 4.03. The summed E-state index contributed by atoms with van der Waals surface area (Å²) in [6, 6.07) is 0. The van der Waals surface area contributed by atoms with Crippen LogP contribution in [0.15, 0.2) is 5.29 Å². The summed E-state index contributed by atoms with van der Waals surface area (Å²) in [7, 11) is 0. The Morgan fingerprint density at radius 2 is 2.50 bits per heavy atom. The zero-order valence-electron chi connectivity index (χ0n) is 4.03. The molecule has 0 N–H and O–H groups in total. The van der Waals surface area contributed by atoms with Crippen LogP contribution >= 0.6 is 0 Å². The molecule has 0 spiro atoms. The zero-order chi connectivity index (χ0) is 5.98. The fourth-order valence-corrected chi connectivity index (χ4v) is 0.435. The topological polar surface area (TPSA) is 59.0 Å². The summed E-state index contributed by atoms with van der Waals surface area (Å²) in [5.41, 5.74) is 0. The standard InChI is InChI=1S/C3H4N2O3/c6-3-1-8-2-5(3)4-7/h1-2H2. The lowest BCUT2D eigenvalue weighted by Gasteiger charge is -1.95. The fraction of sp³-hybridized carbons (Fsp3) is 0.667. The van der Waals surface area contributed by atoms with Crippen molar-refractivity contribution in [3.8, 4) is 0 Å². The molecule has 0 saturated carbocycles. The van der Waals surface area contributed by atoms with Crippen LogP contribution in [0.5, 0.6) is 0 Å². The minimum atomic E-state index is -0.375. The molecule has 5 nitrogen and oxygen atoms in total. The van der Waals surface area contributed by atoms with Gasteiger partial charge < -0.3 is 4.74 Å². The van der Waals surface area contributed by atoms with Crippen LogP contribution in [-0.4, -0.2) is 24.3 Å². The Kier molecular flexibility index (Phi) is 1.21. The maximum atomic E-state index is 10.3. The van der Waals surface area contributed by atoms with Crippen LogP contribution in [-0.2, 0) is 9.53 Å². The van der Waals surface area contributed by atoms with Crippen molar-refractivity contribution in [2.24, 2.45) is 5.29 Å². The van der Waals surface area contributed by atoms with Crippen molar-refractivity contribution in [2.75, 3.05) is 13.3 Å². The van der Waals surface area contributed by atoms with E-state index in [-0.39, 0.29) is 19.2 Å². The molecule has 1 aliphatic rings. The third-order valence-corrected chi connectivity index (χ3v) is 0.826. The van der Waals surface area contributed by atoms with Crippen LogP contribution < -0.4 is 0 Å². The van der Waals surface area contributed by atoms with Crippen LogP contribution in [0.4, 0.5) is 0 Å². The number of hydrogen-bond donors (Lipinski definition) is 0. The predicted octanol–water partition coefficient (Wildman–Crippen LogP) is -0.516. The lowest BCUT2D eigenvalue weighted by Crippen LogP contribution is -2.17. The molecule has 1 aliphatic heterocycles. The van der Waals surface area contributed by atoms with Crippen molar-refractivity contribution >= 4 is 5.91 Å². The van der Waals surface area contributed by atoms with Gasteiger partial charge in [-0.25, -0.2) is 0 Å². The Hall–Kier alpha value is -0.970. The first-order chi connectivity index (χ1) is 3.84. The highest BCUT2D eigenvalue weighted by Crippen LogP contribution is 1.99. The Morgan fingerprint density at radius 3 is 2.75 bits per heavy atom. The average Bonchev–Trinajstić information content (AvgIpc) is 2.14. The SMILES string of the molecule is O=NN1COCC1=O. The smallest absolute Gasteiger partial charge is 0.273 e. The third-order valence-electron chi connectivity index (χ3n) is 0.826. The number of hydrogen-bond acceptors (Lipinski definition) is 4. The van der Waals surface area contributed by atoms with E-state index in [9.17, 15) is 9.70 Å². The van der Waals surface area contributed by atoms with Crippen molar-refractivity contribution < 1.29 is 9.53 Å². The number of carbonyl (C=O) groups is 1. The second kappa shape index (κ2) is 1.87. The lowest BCUT2D eigenvalue weighted by atomic mass is 10.7. The van der Waals surface area contributed by atoms with Gasteiger partial charge in [-0.05, 0) is 0 Å². The summed E-state index contributed by atoms with van der Waals surface area (Å²) in [6.45, 7) is -0.0198. The summed E-state index contributed by atoms with van der Waals surface area (Å²) >= 11 is 0. The van der Waals surface area contributed by atoms with Crippen LogP contribution in [0.2, 0.25) is 0 Å². The minimum absolute atomic E-state index is 0.00231. The number of rotatable bonds is 1. The first-order valence-electron chi connectivity index (χ1n) is 2.06. The van der Waals surface area contributed by atoms with E-state index in [0.29, 0.717) is 0 Å². The highest BCUT2D eigenvalue weighted by atomic mass is 16.5. The Bertz CT molecular complexity index is 124. The van der Waals surface area contributed by atoms with Crippen LogP contribution in [0.25, 0.3) is 0 Å². The molecule has 0 aromatic carbocycles. The van der Waals surface area contributed by atoms with Gasteiger partial charge in [-0.1, -0.05) is 0 Å². The second-order valence-electron chi connectivity index (χ2n) is 1.35. The summed E-state index contributed by atoms with van der Waals surface area (Å²) in [5, 5.41) is 3.11. The third kappa shape index (κ3) is 0.671. The molecule has 1 fully saturated rings. The molecule has 0 bridgehead atoms. The van der Waals surface area contributed by atoms with Gasteiger partial charge >= 0.3 is 0 Å². The highest BCUT2D eigenvalue weighted by Gasteiger charge is 2.20. The van der Waals surface area contributed by atoms with Gasteiger partial charge in [0.15, 0.2) is 0 Å². The van der Waals surface area contributed by atoms with Crippen molar-refractivity contribution in [3.63, 3.8) is 0 Å². The Morgan fingerprint density at radius 1 is 1.75 bits per heavy atom. The Balaban J connectivity index is 2.54. The number of carbonyl (C=O) groups excluding carboxylic acids is 1. The van der Waals surface area contributed by atoms with Crippen molar-refractivity contribution in [2.45, 2.75) is 0 Å². The molecule has 0 atom stereocenters. The molecular formula is C3H4N2O3. The van der Waals surface area contributed by atoms with Gasteiger partial charge in [0, 0.05) is 0 Å². The minimum Gasteiger partial charge on any atom is -0.349 e. The van der Waals surface area contributed by atoms with Gasteiger partial charge in [0.1, 0.15) is 13.3 Å². The van der Waals surface area contributed by atoms with Gasteiger partial charge in [-0.2, -0.15) is 5.01 Å². The number of amides is 1. The largest absolute Gasteiger partial charge is 0.349 e. The van der Waals surface area contributed by atoms with Crippen molar-refractivity contribution in [1.29, 1.82) is 0 Å². The van der Waals surface area contributed by atoms with Crippen LogP contribution in [0.3, 0.4) is 0 Å². The molecular weight excluding hydrogens is 112 g/mol. The first-order valence-corrected chi connectivity index (χ1v) is 2.06. The number of nitroso groups, excluding NO2 is 1. The molecule has 0 aromatic rings. The van der Waals surface area contributed by atoms with E-state index in [0.717, 1.165) is 5.01 Å². The Labute approximate surface area is 45.2 Å². The van der Waals surface area contributed by atoms with Gasteiger partial charge in [0.2, 0.25) is 0 Å². The molecule has 1 heterocycles. The molecule has 1 amide bonds. The van der Waals surface area contributed by atoms with Crippen molar-refractivity contribution in [3.05, 3.63) is 4.91 Å². The maximum Gasteiger partial charge on any atom is 0.273 e. The highest BCUT2D eigenvalue weighted by molar-refractivity contribution is 5.78. The molecule has 1 saturated heterocycles. The van der Waals surface area contributed by atoms with E-state index < -0.39 is 0 Å².